The Hall–Kier alpha value is -1.14. The lowest BCUT2D eigenvalue weighted by molar-refractivity contribution is 0.414. The number of hydrogen-bond donors (Lipinski definition) is 1. The molecule has 0 spiro atoms. The minimum absolute atomic E-state index is 0.653. The fourth-order valence-electron chi connectivity index (χ4n) is 0.940. The van der Waals surface area contributed by atoms with Crippen molar-refractivity contribution >= 4 is 21.6 Å². The van der Waals surface area contributed by atoms with Gasteiger partial charge in [0.25, 0.3) is 0 Å². The maximum atomic E-state index is 5.59. The Morgan fingerprint density at radius 2 is 2.31 bits per heavy atom. The summed E-state index contributed by atoms with van der Waals surface area (Å²) >= 11 is 3.23. The average molecular weight is 240 g/mol. The highest BCUT2D eigenvalue weighted by molar-refractivity contribution is 9.09. The van der Waals surface area contributed by atoms with Gasteiger partial charge in [-0.2, -0.15) is 0 Å². The van der Waals surface area contributed by atoms with E-state index in [2.05, 4.69) is 27.8 Å². The van der Waals surface area contributed by atoms with Crippen molar-refractivity contribution in [3.05, 3.63) is 23.8 Å². The highest BCUT2D eigenvalue weighted by atomic mass is 79.9. The Morgan fingerprint density at radius 3 is 2.92 bits per heavy atom. The van der Waals surface area contributed by atoms with Crippen LogP contribution in [0.25, 0.3) is 0 Å². The van der Waals surface area contributed by atoms with Crippen molar-refractivity contribution in [2.75, 3.05) is 18.2 Å². The topological polar surface area (TPSA) is 35.2 Å². The first-order valence-electron chi connectivity index (χ1n) is 3.76. The Labute approximate surface area is 86.2 Å². The van der Waals surface area contributed by atoms with Crippen LogP contribution in [0.1, 0.15) is 5.56 Å². The van der Waals surface area contributed by atoms with Crippen LogP contribution in [0.5, 0.6) is 5.75 Å². The molecule has 3 heteroatoms. The van der Waals surface area contributed by atoms with Crippen LogP contribution < -0.4 is 10.5 Å². The van der Waals surface area contributed by atoms with Gasteiger partial charge in [0.15, 0.2) is 0 Å². The van der Waals surface area contributed by atoms with Crippen LogP contribution in [-0.4, -0.2) is 12.4 Å². The first-order chi connectivity index (χ1) is 6.27. The third kappa shape index (κ3) is 2.67. The number of rotatable bonds is 1. The highest BCUT2D eigenvalue weighted by Gasteiger charge is 1.98. The molecule has 0 bridgehead atoms. The third-order valence-corrected chi connectivity index (χ3v) is 1.80. The van der Waals surface area contributed by atoms with Crippen LogP contribution in [0.4, 0.5) is 5.69 Å². The number of hydrogen-bond acceptors (Lipinski definition) is 2. The van der Waals surface area contributed by atoms with Crippen LogP contribution >= 0.6 is 15.9 Å². The van der Waals surface area contributed by atoms with E-state index in [0.717, 1.165) is 5.56 Å². The zero-order valence-electron chi connectivity index (χ0n) is 7.30. The minimum atomic E-state index is 0.653. The molecular formula is C10H10BrNO. The van der Waals surface area contributed by atoms with Gasteiger partial charge >= 0.3 is 0 Å². The molecule has 0 amide bonds. The van der Waals surface area contributed by atoms with Crippen LogP contribution in [0, 0.1) is 11.8 Å². The molecule has 0 aliphatic carbocycles. The van der Waals surface area contributed by atoms with Crippen molar-refractivity contribution in [3.63, 3.8) is 0 Å². The summed E-state index contributed by atoms with van der Waals surface area (Å²) in [4.78, 5) is 0. The number of anilines is 1. The van der Waals surface area contributed by atoms with E-state index in [4.69, 9.17) is 10.5 Å². The van der Waals surface area contributed by atoms with Crippen LogP contribution in [0.3, 0.4) is 0 Å². The monoisotopic (exact) mass is 239 g/mol. The van der Waals surface area contributed by atoms with Crippen molar-refractivity contribution in [1.82, 2.24) is 0 Å². The van der Waals surface area contributed by atoms with Crippen molar-refractivity contribution in [3.8, 4) is 17.6 Å². The van der Waals surface area contributed by atoms with Gasteiger partial charge in [-0.25, -0.2) is 0 Å². The Bertz CT molecular complexity index is 352. The predicted molar refractivity (Wildman–Crippen MR) is 58.1 cm³/mol. The number of methoxy groups -OCH3 is 1. The number of benzene rings is 1. The molecule has 0 saturated heterocycles. The van der Waals surface area contributed by atoms with Crippen molar-refractivity contribution in [1.29, 1.82) is 0 Å². The van der Waals surface area contributed by atoms with Crippen molar-refractivity contribution < 1.29 is 4.74 Å². The number of nitrogens with two attached hydrogens (primary N) is 1. The molecular weight excluding hydrogens is 230 g/mol. The standard InChI is InChI=1S/C10H10BrNO/c1-13-10-7-9(12)5-4-8(10)3-2-6-11/h4-5,7H,6,12H2,1H3. The van der Waals surface area contributed by atoms with Gasteiger partial charge in [0, 0.05) is 11.8 Å². The Morgan fingerprint density at radius 1 is 1.54 bits per heavy atom. The first-order valence-corrected chi connectivity index (χ1v) is 4.88. The number of nitrogen functional groups attached to an aromatic ring is 1. The lowest BCUT2D eigenvalue weighted by atomic mass is 10.2. The summed E-state index contributed by atoms with van der Waals surface area (Å²) in [6.45, 7) is 0. The van der Waals surface area contributed by atoms with Gasteiger partial charge in [0.05, 0.1) is 18.0 Å². The number of alkyl halides is 1. The number of ether oxygens (including phenoxy) is 1. The van der Waals surface area contributed by atoms with E-state index < -0.39 is 0 Å². The molecule has 13 heavy (non-hydrogen) atoms. The lowest BCUT2D eigenvalue weighted by Crippen LogP contribution is -1.91. The summed E-state index contributed by atoms with van der Waals surface area (Å²) in [5.74, 6) is 6.58. The minimum Gasteiger partial charge on any atom is -0.495 e. The lowest BCUT2D eigenvalue weighted by Gasteiger charge is -2.03. The average Bonchev–Trinajstić information content (AvgIpc) is 2.16. The van der Waals surface area contributed by atoms with Crippen molar-refractivity contribution in [2.24, 2.45) is 0 Å². The fourth-order valence-corrected chi connectivity index (χ4v) is 1.08. The molecule has 1 rings (SSSR count). The summed E-state index contributed by atoms with van der Waals surface area (Å²) in [6.07, 6.45) is 0. The van der Waals surface area contributed by atoms with E-state index in [-0.39, 0.29) is 0 Å². The molecule has 0 radical (unpaired) electrons. The van der Waals surface area contributed by atoms with Gasteiger partial charge in [0.2, 0.25) is 0 Å². The molecule has 2 nitrogen and oxygen atoms in total. The number of halogens is 1. The second-order valence-corrected chi connectivity index (χ2v) is 2.96. The van der Waals surface area contributed by atoms with Gasteiger partial charge in [-0.3, -0.25) is 0 Å². The summed E-state index contributed by atoms with van der Waals surface area (Å²) in [5, 5.41) is 0.653. The molecule has 0 aliphatic rings. The molecule has 0 saturated carbocycles. The Kier molecular flexibility index (Phi) is 3.66. The SMILES string of the molecule is COc1cc(N)ccc1C#CCBr. The molecule has 68 valence electrons. The zero-order valence-corrected chi connectivity index (χ0v) is 8.89. The first kappa shape index (κ1) is 9.94. The van der Waals surface area contributed by atoms with Gasteiger partial charge in [0.1, 0.15) is 5.75 Å². The normalized spacial score (nSPS) is 8.77. The molecule has 2 N–H and O–H groups in total. The van der Waals surface area contributed by atoms with E-state index in [1.54, 1.807) is 19.2 Å². The molecule has 0 unspecified atom stereocenters. The van der Waals surface area contributed by atoms with E-state index in [1.807, 2.05) is 6.07 Å². The van der Waals surface area contributed by atoms with Gasteiger partial charge in [-0.1, -0.05) is 27.8 Å². The van der Waals surface area contributed by atoms with E-state index in [9.17, 15) is 0 Å². The Balaban J connectivity index is 3.06. The van der Waals surface area contributed by atoms with Crippen LogP contribution in [0.15, 0.2) is 18.2 Å². The molecule has 0 heterocycles. The van der Waals surface area contributed by atoms with E-state index in [1.165, 1.54) is 0 Å². The van der Waals surface area contributed by atoms with Gasteiger partial charge in [-0.05, 0) is 12.1 Å². The van der Waals surface area contributed by atoms with Crippen LogP contribution in [-0.2, 0) is 0 Å². The van der Waals surface area contributed by atoms with Gasteiger partial charge < -0.3 is 10.5 Å². The quantitative estimate of drug-likeness (QED) is 0.463. The zero-order chi connectivity index (χ0) is 9.68. The predicted octanol–water partition coefficient (Wildman–Crippen LogP) is 2.02. The third-order valence-electron chi connectivity index (χ3n) is 1.52. The van der Waals surface area contributed by atoms with Crippen molar-refractivity contribution in [2.45, 2.75) is 0 Å². The second-order valence-electron chi connectivity index (χ2n) is 2.40. The fraction of sp³-hybridized carbons (Fsp3) is 0.200. The second kappa shape index (κ2) is 4.78. The maximum Gasteiger partial charge on any atom is 0.136 e. The molecule has 0 fully saturated rings. The summed E-state index contributed by atoms with van der Waals surface area (Å²) in [6, 6.07) is 5.42. The summed E-state index contributed by atoms with van der Waals surface area (Å²) < 4.78 is 5.13. The maximum absolute atomic E-state index is 5.59. The summed E-state index contributed by atoms with van der Waals surface area (Å²) in [7, 11) is 1.61. The molecule has 0 aromatic heterocycles. The molecule has 1 aromatic rings. The largest absolute Gasteiger partial charge is 0.495 e. The molecule has 0 atom stereocenters. The van der Waals surface area contributed by atoms with Crippen LogP contribution in [0.2, 0.25) is 0 Å². The molecule has 0 aliphatic heterocycles. The van der Waals surface area contributed by atoms with E-state index in [0.29, 0.717) is 16.8 Å². The highest BCUT2D eigenvalue weighted by Crippen LogP contribution is 2.20. The smallest absolute Gasteiger partial charge is 0.136 e. The van der Waals surface area contributed by atoms with E-state index >= 15 is 0 Å². The summed E-state index contributed by atoms with van der Waals surface area (Å²) in [5.41, 5.74) is 7.13. The molecule has 1 aromatic carbocycles. The van der Waals surface area contributed by atoms with Gasteiger partial charge in [-0.15, -0.1) is 0 Å².